The summed E-state index contributed by atoms with van der Waals surface area (Å²) >= 11 is 0. The molecule has 0 saturated carbocycles. The Kier molecular flexibility index (Phi) is 4.42. The maximum atomic E-state index is 13.8. The quantitative estimate of drug-likeness (QED) is 0.862. The third-order valence-electron chi connectivity index (χ3n) is 6.64. The number of piperidine rings is 3. The van der Waals surface area contributed by atoms with Crippen LogP contribution in [0.25, 0.3) is 0 Å². The van der Waals surface area contributed by atoms with Crippen LogP contribution in [-0.2, 0) is 0 Å². The van der Waals surface area contributed by atoms with Gasteiger partial charge in [0.05, 0.1) is 6.33 Å². The van der Waals surface area contributed by atoms with Crippen LogP contribution in [0.5, 0.6) is 0 Å². The number of hydrogen-bond acceptors (Lipinski definition) is 4. The van der Waals surface area contributed by atoms with E-state index >= 15 is 0 Å². The molecule has 4 atom stereocenters. The summed E-state index contributed by atoms with van der Waals surface area (Å²) in [5.74, 6) is 0.693. The molecule has 3 aliphatic heterocycles. The maximum Gasteiger partial charge on any atom is 0.252 e. The molecule has 2 aromatic rings. The van der Waals surface area contributed by atoms with Gasteiger partial charge in [-0.1, -0.05) is 0 Å². The van der Waals surface area contributed by atoms with Gasteiger partial charge in [0, 0.05) is 43.9 Å². The second kappa shape index (κ2) is 6.95. The van der Waals surface area contributed by atoms with E-state index in [0.29, 0.717) is 17.9 Å². The molecule has 3 aliphatic rings. The highest BCUT2D eigenvalue weighted by Crippen LogP contribution is 2.44. The summed E-state index contributed by atoms with van der Waals surface area (Å²) in [5.41, 5.74) is 0.628. The smallest absolute Gasteiger partial charge is 0.252 e. The molecule has 0 radical (unpaired) electrons. The van der Waals surface area contributed by atoms with Crippen LogP contribution in [0.1, 0.15) is 37.3 Å². The lowest BCUT2D eigenvalue weighted by Gasteiger charge is -2.55. The Balaban J connectivity index is 1.41. The van der Waals surface area contributed by atoms with Gasteiger partial charge in [0.2, 0.25) is 0 Å². The first-order chi connectivity index (χ1) is 13.6. The van der Waals surface area contributed by atoms with E-state index in [0.717, 1.165) is 56.3 Å². The SMILES string of the molecule is O=c1cc(N2C[C@@H]3C[C@H](C2)[C@@H]2CCC[C@H](c4cc(F)cc(F)c4)N2C3)nc[nH]1. The van der Waals surface area contributed by atoms with Gasteiger partial charge in [-0.05, 0) is 55.2 Å². The van der Waals surface area contributed by atoms with Crippen LogP contribution in [-0.4, -0.2) is 40.5 Å². The lowest BCUT2D eigenvalue weighted by atomic mass is 9.74. The second-order valence-electron chi connectivity index (χ2n) is 8.45. The lowest BCUT2D eigenvalue weighted by molar-refractivity contribution is -0.0202. The molecule has 28 heavy (non-hydrogen) atoms. The summed E-state index contributed by atoms with van der Waals surface area (Å²) in [4.78, 5) is 23.3. The van der Waals surface area contributed by atoms with Gasteiger partial charge in [-0.15, -0.1) is 0 Å². The van der Waals surface area contributed by atoms with E-state index in [1.54, 1.807) is 6.07 Å². The van der Waals surface area contributed by atoms with E-state index in [4.69, 9.17) is 0 Å². The van der Waals surface area contributed by atoms with Gasteiger partial charge in [-0.3, -0.25) is 9.69 Å². The van der Waals surface area contributed by atoms with E-state index < -0.39 is 11.6 Å². The third-order valence-corrected chi connectivity index (χ3v) is 6.64. The number of H-pyrrole nitrogens is 1. The van der Waals surface area contributed by atoms with Crippen molar-refractivity contribution in [2.75, 3.05) is 24.5 Å². The van der Waals surface area contributed by atoms with Crippen molar-refractivity contribution in [1.29, 1.82) is 0 Å². The molecule has 4 heterocycles. The van der Waals surface area contributed by atoms with Crippen molar-refractivity contribution in [2.24, 2.45) is 11.8 Å². The highest BCUT2D eigenvalue weighted by Gasteiger charge is 2.45. The number of halogens is 2. The third kappa shape index (κ3) is 3.21. The van der Waals surface area contributed by atoms with Crippen LogP contribution in [0.4, 0.5) is 14.6 Å². The fraction of sp³-hybridized carbons (Fsp3) is 0.524. The highest BCUT2D eigenvalue weighted by atomic mass is 19.1. The number of nitrogens with zero attached hydrogens (tertiary/aromatic N) is 3. The van der Waals surface area contributed by atoms with Crippen molar-refractivity contribution in [3.63, 3.8) is 0 Å². The number of fused-ring (bicyclic) bond motifs is 4. The molecule has 1 N–H and O–H groups in total. The molecule has 7 heteroatoms. The molecule has 0 unspecified atom stereocenters. The lowest BCUT2D eigenvalue weighted by Crippen LogP contribution is -2.59. The number of benzene rings is 1. The molecule has 3 fully saturated rings. The Morgan fingerprint density at radius 2 is 1.86 bits per heavy atom. The van der Waals surface area contributed by atoms with Crippen molar-refractivity contribution in [3.8, 4) is 0 Å². The summed E-state index contributed by atoms with van der Waals surface area (Å²) in [6.07, 6.45) is 5.75. The van der Waals surface area contributed by atoms with Gasteiger partial charge < -0.3 is 9.88 Å². The van der Waals surface area contributed by atoms with Crippen molar-refractivity contribution in [1.82, 2.24) is 14.9 Å². The monoisotopic (exact) mass is 386 g/mol. The van der Waals surface area contributed by atoms with E-state index in [-0.39, 0.29) is 11.6 Å². The van der Waals surface area contributed by atoms with Gasteiger partial charge in [0.25, 0.3) is 5.56 Å². The molecular formula is C21H24F2N4O. The van der Waals surface area contributed by atoms with Gasteiger partial charge in [-0.2, -0.15) is 0 Å². The first kappa shape index (κ1) is 17.8. The number of rotatable bonds is 2. The van der Waals surface area contributed by atoms with Gasteiger partial charge in [0.1, 0.15) is 17.5 Å². The second-order valence-corrected chi connectivity index (χ2v) is 8.45. The zero-order valence-electron chi connectivity index (χ0n) is 15.7. The number of nitrogens with one attached hydrogen (secondary N) is 1. The summed E-state index contributed by atoms with van der Waals surface area (Å²) in [6, 6.07) is 5.99. The first-order valence-electron chi connectivity index (χ1n) is 10.1. The van der Waals surface area contributed by atoms with Crippen LogP contribution >= 0.6 is 0 Å². The Labute approximate surface area is 162 Å². The zero-order chi connectivity index (χ0) is 19.3. The maximum absolute atomic E-state index is 13.8. The summed E-state index contributed by atoms with van der Waals surface area (Å²) in [7, 11) is 0. The van der Waals surface area contributed by atoms with Gasteiger partial charge in [0.15, 0.2) is 0 Å². The largest absolute Gasteiger partial charge is 0.356 e. The van der Waals surface area contributed by atoms with Gasteiger partial charge >= 0.3 is 0 Å². The molecule has 1 aromatic heterocycles. The summed E-state index contributed by atoms with van der Waals surface area (Å²) in [6.45, 7) is 2.66. The topological polar surface area (TPSA) is 52.2 Å². The fourth-order valence-corrected chi connectivity index (χ4v) is 5.65. The Morgan fingerprint density at radius 3 is 2.64 bits per heavy atom. The first-order valence-corrected chi connectivity index (χ1v) is 10.1. The number of anilines is 1. The molecule has 0 aliphatic carbocycles. The highest BCUT2D eigenvalue weighted by molar-refractivity contribution is 5.38. The fourth-order valence-electron chi connectivity index (χ4n) is 5.65. The van der Waals surface area contributed by atoms with Crippen LogP contribution in [0.3, 0.4) is 0 Å². The van der Waals surface area contributed by atoms with Crippen LogP contribution in [0.2, 0.25) is 0 Å². The normalized spacial score (nSPS) is 30.1. The number of hydrogen-bond donors (Lipinski definition) is 1. The zero-order valence-corrected chi connectivity index (χ0v) is 15.7. The van der Waals surface area contributed by atoms with Crippen molar-refractivity contribution in [3.05, 3.63) is 58.1 Å². The molecule has 0 amide bonds. The molecule has 5 nitrogen and oxygen atoms in total. The molecular weight excluding hydrogens is 362 g/mol. The van der Waals surface area contributed by atoms with Gasteiger partial charge in [-0.25, -0.2) is 13.8 Å². The predicted octanol–water partition coefficient (Wildman–Crippen LogP) is 3.10. The molecule has 2 bridgehead atoms. The van der Waals surface area contributed by atoms with Crippen molar-refractivity contribution >= 4 is 5.82 Å². The molecule has 5 rings (SSSR count). The number of aromatic amines is 1. The van der Waals surface area contributed by atoms with Crippen molar-refractivity contribution < 1.29 is 8.78 Å². The summed E-state index contributed by atoms with van der Waals surface area (Å²) in [5, 5.41) is 0. The van der Waals surface area contributed by atoms with Crippen LogP contribution < -0.4 is 10.5 Å². The summed E-state index contributed by atoms with van der Waals surface area (Å²) < 4.78 is 27.6. The van der Waals surface area contributed by atoms with Crippen LogP contribution in [0.15, 0.2) is 35.4 Å². The van der Waals surface area contributed by atoms with E-state index in [1.807, 2.05) is 0 Å². The number of aromatic nitrogens is 2. The minimum atomic E-state index is -0.499. The van der Waals surface area contributed by atoms with E-state index in [9.17, 15) is 13.6 Å². The minimum Gasteiger partial charge on any atom is -0.356 e. The van der Waals surface area contributed by atoms with E-state index in [2.05, 4.69) is 19.8 Å². The Bertz CT molecular complexity index is 912. The Morgan fingerprint density at radius 1 is 1.04 bits per heavy atom. The average molecular weight is 386 g/mol. The standard InChI is InChI=1S/C21H24F2N4O/c22-16-5-14(6-17(23)7-16)18-2-1-3-19-15-4-13(10-27(18)19)9-26(11-15)20-8-21(28)25-12-24-20/h5-8,12-13,15,18-19H,1-4,9-11H2,(H,24,25,28)/t13-,15+,18+,19-/m0/s1. The molecule has 0 spiro atoms. The molecule has 1 aromatic carbocycles. The van der Waals surface area contributed by atoms with Crippen molar-refractivity contribution in [2.45, 2.75) is 37.8 Å². The average Bonchev–Trinajstić information content (AvgIpc) is 2.66. The minimum absolute atomic E-state index is 0.0819. The van der Waals surface area contributed by atoms with Crippen LogP contribution in [0, 0.1) is 23.5 Å². The molecule has 148 valence electrons. The Hall–Kier alpha value is -2.28. The predicted molar refractivity (Wildman–Crippen MR) is 102 cm³/mol. The molecule has 3 saturated heterocycles. The van der Waals surface area contributed by atoms with E-state index in [1.165, 1.54) is 24.9 Å².